The lowest BCUT2D eigenvalue weighted by Gasteiger charge is -2.08. The van der Waals surface area contributed by atoms with Crippen LogP contribution in [0.15, 0.2) is 34.9 Å². The lowest BCUT2D eigenvalue weighted by molar-refractivity contribution is 0.0705. The first-order chi connectivity index (χ1) is 11.1. The first kappa shape index (κ1) is 14.8. The van der Waals surface area contributed by atoms with Crippen LogP contribution in [0.2, 0.25) is 0 Å². The molecule has 0 atom stereocenters. The predicted octanol–water partition coefficient (Wildman–Crippen LogP) is 1.38. The van der Waals surface area contributed by atoms with Crippen LogP contribution in [-0.2, 0) is 6.54 Å². The Kier molecular flexibility index (Phi) is 3.81. The van der Waals surface area contributed by atoms with Crippen LogP contribution >= 0.6 is 0 Å². The molecular formula is C13H9F2N5O3. The summed E-state index contributed by atoms with van der Waals surface area (Å²) in [4.78, 5) is 11.2. The molecule has 0 spiro atoms. The van der Waals surface area contributed by atoms with Gasteiger partial charge in [-0.3, -0.25) is 10.0 Å². The number of hydrogen-bond acceptors (Lipinski definition) is 6. The molecule has 0 fully saturated rings. The summed E-state index contributed by atoms with van der Waals surface area (Å²) in [7, 11) is 0. The minimum atomic E-state index is -1.02. The summed E-state index contributed by atoms with van der Waals surface area (Å²) in [5.41, 5.74) is 0.620. The summed E-state index contributed by atoms with van der Waals surface area (Å²) in [5, 5.41) is 19.4. The van der Waals surface area contributed by atoms with Gasteiger partial charge in [0.1, 0.15) is 11.6 Å². The van der Waals surface area contributed by atoms with Gasteiger partial charge in [-0.05, 0) is 34.7 Å². The highest BCUT2D eigenvalue weighted by Crippen LogP contribution is 2.20. The minimum Gasteiger partial charge on any atom is -0.461 e. The van der Waals surface area contributed by atoms with E-state index in [1.165, 1.54) is 11.7 Å². The molecule has 0 aliphatic carbocycles. The number of halogens is 2. The molecule has 0 bridgehead atoms. The number of furan rings is 1. The van der Waals surface area contributed by atoms with Crippen molar-refractivity contribution in [1.82, 2.24) is 25.7 Å². The third kappa shape index (κ3) is 2.79. The third-order valence-corrected chi connectivity index (χ3v) is 3.09. The molecule has 118 valence electrons. The SMILES string of the molecule is O=C(NO)c1cc(F)c(Cn2nnnc2-c2ccco2)c(F)c1. The maximum absolute atomic E-state index is 14.1. The maximum atomic E-state index is 14.1. The fourth-order valence-electron chi connectivity index (χ4n) is 1.99. The van der Waals surface area contributed by atoms with Gasteiger partial charge >= 0.3 is 0 Å². The quantitative estimate of drug-likeness (QED) is 0.555. The molecule has 2 aromatic heterocycles. The van der Waals surface area contributed by atoms with Crippen LogP contribution in [0.4, 0.5) is 8.78 Å². The van der Waals surface area contributed by atoms with Crippen molar-refractivity contribution < 1.29 is 23.2 Å². The zero-order chi connectivity index (χ0) is 16.4. The molecular weight excluding hydrogens is 312 g/mol. The fourth-order valence-corrected chi connectivity index (χ4v) is 1.99. The number of hydrogen-bond donors (Lipinski definition) is 2. The van der Waals surface area contributed by atoms with Crippen LogP contribution in [0.5, 0.6) is 0 Å². The summed E-state index contributed by atoms with van der Waals surface area (Å²) < 4.78 is 34.4. The van der Waals surface area contributed by atoms with Crippen molar-refractivity contribution in [3.05, 3.63) is 53.3 Å². The molecule has 0 saturated heterocycles. The van der Waals surface area contributed by atoms with Gasteiger partial charge in [0.15, 0.2) is 5.76 Å². The monoisotopic (exact) mass is 321 g/mol. The Morgan fingerprint density at radius 1 is 1.35 bits per heavy atom. The second-order valence-corrected chi connectivity index (χ2v) is 4.50. The Labute approximate surface area is 127 Å². The van der Waals surface area contributed by atoms with E-state index in [9.17, 15) is 13.6 Å². The number of carbonyl (C=O) groups excluding carboxylic acids is 1. The lowest BCUT2D eigenvalue weighted by atomic mass is 10.1. The van der Waals surface area contributed by atoms with Gasteiger partial charge < -0.3 is 4.42 Å². The molecule has 0 aliphatic heterocycles. The van der Waals surface area contributed by atoms with Crippen LogP contribution < -0.4 is 5.48 Å². The molecule has 3 aromatic rings. The molecule has 1 aromatic carbocycles. The van der Waals surface area contributed by atoms with E-state index in [0.29, 0.717) is 5.76 Å². The van der Waals surface area contributed by atoms with Crippen LogP contribution in [0, 0.1) is 11.6 Å². The van der Waals surface area contributed by atoms with Gasteiger partial charge in [0.05, 0.1) is 12.8 Å². The van der Waals surface area contributed by atoms with Gasteiger partial charge in [-0.15, -0.1) is 5.10 Å². The number of nitrogens with zero attached hydrogens (tertiary/aromatic N) is 4. The van der Waals surface area contributed by atoms with Gasteiger partial charge in [-0.2, -0.15) is 0 Å². The summed E-state index contributed by atoms with van der Waals surface area (Å²) in [5.74, 6) is -2.42. The van der Waals surface area contributed by atoms with Crippen molar-refractivity contribution in [2.75, 3.05) is 0 Å². The molecule has 1 amide bonds. The highest BCUT2D eigenvalue weighted by Gasteiger charge is 2.18. The van der Waals surface area contributed by atoms with Crippen molar-refractivity contribution in [2.45, 2.75) is 6.54 Å². The van der Waals surface area contributed by atoms with Gasteiger partial charge in [0.25, 0.3) is 5.91 Å². The molecule has 0 radical (unpaired) electrons. The van der Waals surface area contributed by atoms with Gasteiger partial charge in [-0.1, -0.05) is 0 Å². The summed E-state index contributed by atoms with van der Waals surface area (Å²) in [6.07, 6.45) is 1.41. The number of nitrogens with one attached hydrogen (secondary N) is 1. The fraction of sp³-hybridized carbons (Fsp3) is 0.0769. The van der Waals surface area contributed by atoms with Crippen molar-refractivity contribution >= 4 is 5.91 Å². The summed E-state index contributed by atoms with van der Waals surface area (Å²) >= 11 is 0. The third-order valence-electron chi connectivity index (χ3n) is 3.09. The normalized spacial score (nSPS) is 10.7. The standard InChI is InChI=1S/C13H9F2N5O3/c14-9-4-7(13(21)17-22)5-10(15)8(9)6-20-12(16-18-19-20)11-2-1-3-23-11/h1-5,22H,6H2,(H,17,21). The van der Waals surface area contributed by atoms with Crippen LogP contribution in [-0.4, -0.2) is 31.3 Å². The van der Waals surface area contributed by atoms with Crippen LogP contribution in [0.1, 0.15) is 15.9 Å². The molecule has 0 saturated carbocycles. The van der Waals surface area contributed by atoms with Gasteiger partial charge in [0, 0.05) is 11.1 Å². The topological polar surface area (TPSA) is 106 Å². The lowest BCUT2D eigenvalue weighted by Crippen LogP contribution is -2.19. The molecule has 3 rings (SSSR count). The Balaban J connectivity index is 1.96. The van der Waals surface area contributed by atoms with Gasteiger partial charge in [-0.25, -0.2) is 18.9 Å². The second kappa shape index (κ2) is 5.93. The Bertz CT molecular complexity index is 824. The van der Waals surface area contributed by atoms with E-state index in [0.717, 1.165) is 16.8 Å². The summed E-state index contributed by atoms with van der Waals surface area (Å²) in [6.45, 7) is -0.304. The van der Waals surface area contributed by atoms with E-state index in [1.807, 2.05) is 0 Å². The Morgan fingerprint density at radius 2 is 2.09 bits per heavy atom. The van der Waals surface area contributed by atoms with E-state index >= 15 is 0 Å². The predicted molar refractivity (Wildman–Crippen MR) is 70.2 cm³/mol. The average Bonchev–Trinajstić information content (AvgIpc) is 3.20. The van der Waals surface area contributed by atoms with E-state index in [1.54, 1.807) is 12.1 Å². The number of amides is 1. The Hall–Kier alpha value is -3.14. The highest BCUT2D eigenvalue weighted by atomic mass is 19.1. The summed E-state index contributed by atoms with van der Waals surface area (Å²) in [6, 6.07) is 4.84. The van der Waals surface area contributed by atoms with Crippen LogP contribution in [0.25, 0.3) is 11.6 Å². The van der Waals surface area contributed by atoms with Crippen molar-refractivity contribution in [1.29, 1.82) is 0 Å². The van der Waals surface area contributed by atoms with Crippen molar-refractivity contribution in [2.24, 2.45) is 0 Å². The number of benzene rings is 1. The number of tetrazole rings is 1. The first-order valence-electron chi connectivity index (χ1n) is 6.32. The number of aromatic nitrogens is 4. The first-order valence-corrected chi connectivity index (χ1v) is 6.32. The smallest absolute Gasteiger partial charge is 0.274 e. The van der Waals surface area contributed by atoms with E-state index in [4.69, 9.17) is 9.62 Å². The number of rotatable bonds is 4. The molecule has 2 heterocycles. The number of hydroxylamine groups is 1. The largest absolute Gasteiger partial charge is 0.461 e. The van der Waals surface area contributed by atoms with Crippen molar-refractivity contribution in [3.63, 3.8) is 0 Å². The molecule has 10 heteroatoms. The molecule has 0 unspecified atom stereocenters. The minimum absolute atomic E-state index is 0.200. The molecule has 0 aliphatic rings. The van der Waals surface area contributed by atoms with E-state index < -0.39 is 17.5 Å². The second-order valence-electron chi connectivity index (χ2n) is 4.50. The zero-order valence-electron chi connectivity index (χ0n) is 11.4. The van der Waals surface area contributed by atoms with Gasteiger partial charge in [0.2, 0.25) is 5.82 Å². The molecule has 8 nitrogen and oxygen atoms in total. The Morgan fingerprint density at radius 3 is 2.70 bits per heavy atom. The van der Waals surface area contributed by atoms with Crippen molar-refractivity contribution in [3.8, 4) is 11.6 Å². The van der Waals surface area contributed by atoms with E-state index in [-0.39, 0.29) is 23.5 Å². The maximum Gasteiger partial charge on any atom is 0.274 e. The average molecular weight is 321 g/mol. The van der Waals surface area contributed by atoms with Crippen LogP contribution in [0.3, 0.4) is 0 Å². The molecule has 23 heavy (non-hydrogen) atoms. The number of carbonyl (C=O) groups is 1. The highest BCUT2D eigenvalue weighted by molar-refractivity contribution is 5.93. The zero-order valence-corrected chi connectivity index (χ0v) is 11.4. The molecule has 2 N–H and O–H groups in total. The van der Waals surface area contributed by atoms with E-state index in [2.05, 4.69) is 15.5 Å².